The van der Waals surface area contributed by atoms with Crippen LogP contribution in [0.15, 0.2) is 24.4 Å². The molecule has 0 unspecified atom stereocenters. The van der Waals surface area contributed by atoms with Crippen molar-refractivity contribution in [3.8, 4) is 0 Å². The molecular weight excluding hydrogens is 202 g/mol. The lowest BCUT2D eigenvalue weighted by molar-refractivity contribution is -0.139. The Bertz CT molecular complexity index is 350. The molecule has 0 radical (unpaired) electrons. The van der Waals surface area contributed by atoms with Gasteiger partial charge in [-0.3, -0.25) is 4.79 Å². The summed E-state index contributed by atoms with van der Waals surface area (Å²) >= 11 is 5.68. The highest BCUT2D eigenvalue weighted by Crippen LogP contribution is 2.08. The van der Waals surface area contributed by atoms with Crippen molar-refractivity contribution in [1.29, 1.82) is 0 Å². The molecule has 0 aliphatic rings. The van der Waals surface area contributed by atoms with Gasteiger partial charge in [-0.05, 0) is 17.7 Å². The smallest absolute Gasteiger partial charge is 0.309 e. The van der Waals surface area contributed by atoms with E-state index in [1.54, 1.807) is 30.5 Å². The fourth-order valence-electron chi connectivity index (χ4n) is 0.896. The van der Waals surface area contributed by atoms with E-state index in [-0.39, 0.29) is 12.4 Å². The molecule has 1 aromatic heterocycles. The molecule has 0 aliphatic heterocycles. The predicted octanol–water partition coefficient (Wildman–Crippen LogP) is 2.31. The maximum absolute atomic E-state index is 10.8. The van der Waals surface area contributed by atoms with E-state index in [0.29, 0.717) is 5.15 Å². The van der Waals surface area contributed by atoms with Crippen molar-refractivity contribution in [3.63, 3.8) is 0 Å². The molecule has 0 saturated carbocycles. The third kappa shape index (κ3) is 3.58. The Morgan fingerprint density at radius 3 is 3.14 bits per heavy atom. The molecule has 14 heavy (non-hydrogen) atoms. The van der Waals surface area contributed by atoms with Crippen molar-refractivity contribution in [3.05, 3.63) is 35.1 Å². The summed E-state index contributed by atoms with van der Waals surface area (Å²) in [4.78, 5) is 14.6. The van der Waals surface area contributed by atoms with Crippen molar-refractivity contribution >= 4 is 23.6 Å². The number of hydrogen-bond acceptors (Lipinski definition) is 3. The number of halogens is 1. The molecule has 0 N–H and O–H groups in total. The minimum absolute atomic E-state index is 0.260. The normalized spacial score (nSPS) is 10.4. The minimum atomic E-state index is -0.263. The molecule has 0 fully saturated rings. The predicted molar refractivity (Wildman–Crippen MR) is 54.9 cm³/mol. The largest absolute Gasteiger partial charge is 0.469 e. The molecule has 4 heteroatoms. The van der Waals surface area contributed by atoms with Crippen molar-refractivity contribution in [2.75, 3.05) is 7.11 Å². The molecule has 1 heterocycles. The van der Waals surface area contributed by atoms with Gasteiger partial charge in [-0.2, -0.15) is 0 Å². The molecule has 0 aromatic carbocycles. The van der Waals surface area contributed by atoms with Crippen molar-refractivity contribution in [2.24, 2.45) is 0 Å². The first-order chi connectivity index (χ1) is 6.72. The summed E-state index contributed by atoms with van der Waals surface area (Å²) in [5, 5.41) is 0.435. The number of nitrogens with zero attached hydrogens (tertiary/aromatic N) is 1. The third-order valence-corrected chi connectivity index (χ3v) is 1.78. The first kappa shape index (κ1) is 10.7. The minimum Gasteiger partial charge on any atom is -0.469 e. The maximum Gasteiger partial charge on any atom is 0.309 e. The average Bonchev–Trinajstić information content (AvgIpc) is 2.17. The lowest BCUT2D eigenvalue weighted by Crippen LogP contribution is -1.96. The highest BCUT2D eigenvalue weighted by Gasteiger charge is 1.94. The van der Waals surface area contributed by atoms with Gasteiger partial charge in [0, 0.05) is 6.20 Å². The standard InChI is InChI=1S/C10H10ClNO2/c1-14-10(13)4-2-3-8-5-6-12-9(11)7-8/h2-3,5-7H,4H2,1H3. The van der Waals surface area contributed by atoms with Gasteiger partial charge in [0.05, 0.1) is 13.5 Å². The van der Waals surface area contributed by atoms with E-state index in [1.165, 1.54) is 7.11 Å². The molecule has 0 aliphatic carbocycles. The Hall–Kier alpha value is -1.35. The maximum atomic E-state index is 10.8. The fraction of sp³-hybridized carbons (Fsp3) is 0.200. The fourth-order valence-corrected chi connectivity index (χ4v) is 1.08. The van der Waals surface area contributed by atoms with E-state index in [4.69, 9.17) is 11.6 Å². The van der Waals surface area contributed by atoms with Crippen LogP contribution in [0.4, 0.5) is 0 Å². The van der Waals surface area contributed by atoms with Crippen LogP contribution in [0.3, 0.4) is 0 Å². The van der Waals surface area contributed by atoms with Gasteiger partial charge in [-0.25, -0.2) is 4.98 Å². The number of hydrogen-bond donors (Lipinski definition) is 0. The zero-order valence-electron chi connectivity index (χ0n) is 7.74. The average molecular weight is 212 g/mol. The van der Waals surface area contributed by atoms with Crippen LogP contribution < -0.4 is 0 Å². The highest BCUT2D eigenvalue weighted by molar-refractivity contribution is 6.29. The van der Waals surface area contributed by atoms with Crippen LogP contribution >= 0.6 is 11.6 Å². The van der Waals surface area contributed by atoms with Gasteiger partial charge in [0.15, 0.2) is 0 Å². The molecule has 1 rings (SSSR count). The number of esters is 1. The second-order valence-corrected chi connectivity index (χ2v) is 2.98. The van der Waals surface area contributed by atoms with E-state index >= 15 is 0 Å². The zero-order valence-corrected chi connectivity index (χ0v) is 8.49. The molecule has 0 amide bonds. The number of carbonyl (C=O) groups is 1. The van der Waals surface area contributed by atoms with Crippen LogP contribution in [0.5, 0.6) is 0 Å². The molecule has 0 saturated heterocycles. The number of methoxy groups -OCH3 is 1. The summed E-state index contributed by atoms with van der Waals surface area (Å²) in [7, 11) is 1.36. The van der Waals surface area contributed by atoms with E-state index in [9.17, 15) is 4.79 Å². The Morgan fingerprint density at radius 1 is 1.71 bits per heavy atom. The first-order valence-electron chi connectivity index (χ1n) is 4.07. The monoisotopic (exact) mass is 211 g/mol. The number of carbonyl (C=O) groups excluding carboxylic acids is 1. The Balaban J connectivity index is 2.56. The first-order valence-corrected chi connectivity index (χ1v) is 4.45. The molecule has 0 bridgehead atoms. The van der Waals surface area contributed by atoms with Gasteiger partial charge in [-0.1, -0.05) is 23.8 Å². The molecule has 0 atom stereocenters. The summed E-state index contributed by atoms with van der Waals surface area (Å²) in [5.41, 5.74) is 0.911. The van der Waals surface area contributed by atoms with Crippen LogP contribution in [-0.2, 0) is 9.53 Å². The van der Waals surface area contributed by atoms with Gasteiger partial charge < -0.3 is 4.74 Å². The summed E-state index contributed by atoms with van der Waals surface area (Å²) in [5.74, 6) is -0.263. The van der Waals surface area contributed by atoms with E-state index in [1.807, 2.05) is 0 Å². The number of rotatable bonds is 3. The highest BCUT2D eigenvalue weighted by atomic mass is 35.5. The van der Waals surface area contributed by atoms with Gasteiger partial charge in [0.1, 0.15) is 5.15 Å². The second kappa shape index (κ2) is 5.40. The van der Waals surface area contributed by atoms with Crippen LogP contribution in [0.1, 0.15) is 12.0 Å². The lowest BCUT2D eigenvalue weighted by Gasteiger charge is -1.94. The van der Waals surface area contributed by atoms with Crippen molar-refractivity contribution in [1.82, 2.24) is 4.98 Å². The number of ether oxygens (including phenoxy) is 1. The van der Waals surface area contributed by atoms with E-state index in [2.05, 4.69) is 9.72 Å². The topological polar surface area (TPSA) is 39.2 Å². The van der Waals surface area contributed by atoms with Gasteiger partial charge in [0.2, 0.25) is 0 Å². The molecular formula is C10H10ClNO2. The van der Waals surface area contributed by atoms with Crippen LogP contribution in [0.2, 0.25) is 5.15 Å². The summed E-state index contributed by atoms with van der Waals surface area (Å²) in [6.07, 6.45) is 5.39. The van der Waals surface area contributed by atoms with Crippen LogP contribution in [0, 0.1) is 0 Å². The quantitative estimate of drug-likeness (QED) is 0.569. The van der Waals surface area contributed by atoms with Gasteiger partial charge >= 0.3 is 5.97 Å². The van der Waals surface area contributed by atoms with Crippen LogP contribution in [-0.4, -0.2) is 18.1 Å². The van der Waals surface area contributed by atoms with E-state index < -0.39 is 0 Å². The summed E-state index contributed by atoms with van der Waals surface area (Å²) < 4.78 is 4.48. The van der Waals surface area contributed by atoms with Crippen LogP contribution in [0.25, 0.3) is 6.08 Å². The third-order valence-electron chi connectivity index (χ3n) is 1.57. The Morgan fingerprint density at radius 2 is 2.50 bits per heavy atom. The van der Waals surface area contributed by atoms with Crippen molar-refractivity contribution in [2.45, 2.75) is 6.42 Å². The lowest BCUT2D eigenvalue weighted by atomic mass is 10.2. The Labute approximate surface area is 87.4 Å². The molecule has 0 spiro atoms. The number of aromatic nitrogens is 1. The second-order valence-electron chi connectivity index (χ2n) is 2.59. The molecule has 1 aromatic rings. The van der Waals surface area contributed by atoms with Gasteiger partial charge in [0.25, 0.3) is 0 Å². The van der Waals surface area contributed by atoms with Gasteiger partial charge in [-0.15, -0.1) is 0 Å². The molecule has 3 nitrogen and oxygen atoms in total. The number of pyridine rings is 1. The summed E-state index contributed by atoms with van der Waals surface area (Å²) in [6, 6.07) is 3.52. The van der Waals surface area contributed by atoms with E-state index in [0.717, 1.165) is 5.56 Å². The molecule has 74 valence electrons. The summed E-state index contributed by atoms with van der Waals surface area (Å²) in [6.45, 7) is 0. The Kier molecular flexibility index (Phi) is 4.13. The zero-order chi connectivity index (χ0) is 10.4. The van der Waals surface area contributed by atoms with Crippen molar-refractivity contribution < 1.29 is 9.53 Å². The SMILES string of the molecule is COC(=O)CC=Cc1ccnc(Cl)c1.